The van der Waals surface area contributed by atoms with Crippen LogP contribution in [0.4, 0.5) is 13.2 Å². The third kappa shape index (κ3) is 4.15. The summed E-state index contributed by atoms with van der Waals surface area (Å²) in [6.45, 7) is 3.44. The molecular formula is C17H24F3N3OS. The Hall–Kier alpha value is -1.18. The van der Waals surface area contributed by atoms with E-state index in [2.05, 4.69) is 5.10 Å². The van der Waals surface area contributed by atoms with E-state index >= 15 is 0 Å². The van der Waals surface area contributed by atoms with E-state index in [-0.39, 0.29) is 30.7 Å². The van der Waals surface area contributed by atoms with E-state index in [0.717, 1.165) is 23.6 Å². The van der Waals surface area contributed by atoms with E-state index in [1.807, 2.05) is 22.7 Å². The Bertz CT molecular complexity index is 596. The molecule has 3 rings (SSSR count). The van der Waals surface area contributed by atoms with E-state index in [9.17, 15) is 18.0 Å². The van der Waals surface area contributed by atoms with Gasteiger partial charge in [0.1, 0.15) is 0 Å². The van der Waals surface area contributed by atoms with E-state index in [1.54, 1.807) is 18.0 Å². The van der Waals surface area contributed by atoms with Crippen LogP contribution in [0, 0.1) is 11.8 Å². The molecule has 2 heterocycles. The number of amides is 1. The monoisotopic (exact) mass is 375 g/mol. The zero-order valence-corrected chi connectivity index (χ0v) is 15.2. The minimum Gasteiger partial charge on any atom is -0.334 e. The highest BCUT2D eigenvalue weighted by Crippen LogP contribution is 2.41. The minimum absolute atomic E-state index is 0.0214. The number of hydrogen-bond donors (Lipinski definition) is 0. The van der Waals surface area contributed by atoms with Crippen LogP contribution in [0.3, 0.4) is 0 Å². The van der Waals surface area contributed by atoms with Gasteiger partial charge in [-0.3, -0.25) is 9.48 Å². The molecule has 4 nitrogen and oxygen atoms in total. The first kappa shape index (κ1) is 18.6. The van der Waals surface area contributed by atoms with Crippen molar-refractivity contribution in [1.82, 2.24) is 14.7 Å². The van der Waals surface area contributed by atoms with Gasteiger partial charge in [0.05, 0.1) is 18.2 Å². The predicted molar refractivity (Wildman–Crippen MR) is 91.2 cm³/mol. The van der Waals surface area contributed by atoms with Crippen molar-refractivity contribution in [3.8, 4) is 0 Å². The molecule has 1 atom stereocenters. The van der Waals surface area contributed by atoms with Crippen LogP contribution in [-0.2, 0) is 11.3 Å². The van der Waals surface area contributed by atoms with Crippen molar-refractivity contribution in [1.29, 1.82) is 0 Å². The third-order valence-corrected chi connectivity index (χ3v) is 6.34. The van der Waals surface area contributed by atoms with Gasteiger partial charge in [-0.15, -0.1) is 0 Å². The topological polar surface area (TPSA) is 38.1 Å². The maximum absolute atomic E-state index is 13.0. The Morgan fingerprint density at radius 2 is 2.04 bits per heavy atom. The summed E-state index contributed by atoms with van der Waals surface area (Å²) in [6, 6.07) is -0.0214. The maximum Gasteiger partial charge on any atom is 0.391 e. The van der Waals surface area contributed by atoms with Gasteiger partial charge in [-0.05, 0) is 32.6 Å². The summed E-state index contributed by atoms with van der Waals surface area (Å²) in [5.41, 5.74) is 1.02. The molecule has 2 aliphatic rings. The molecule has 1 saturated carbocycles. The zero-order chi connectivity index (χ0) is 18.0. The number of aromatic nitrogens is 2. The largest absolute Gasteiger partial charge is 0.391 e. The summed E-state index contributed by atoms with van der Waals surface area (Å²) in [5, 5.41) is 4.30. The summed E-state index contributed by atoms with van der Waals surface area (Å²) in [6.07, 6.45) is 0.467. The molecule has 0 aromatic carbocycles. The van der Waals surface area contributed by atoms with Gasteiger partial charge >= 0.3 is 6.18 Å². The second kappa shape index (κ2) is 7.60. The van der Waals surface area contributed by atoms with E-state index in [4.69, 9.17) is 0 Å². The first-order chi connectivity index (χ1) is 11.9. The van der Waals surface area contributed by atoms with Crippen molar-refractivity contribution in [2.24, 2.45) is 11.8 Å². The van der Waals surface area contributed by atoms with Gasteiger partial charge in [0.2, 0.25) is 5.91 Å². The number of hydrogen-bond acceptors (Lipinski definition) is 3. The molecule has 0 N–H and O–H groups in total. The van der Waals surface area contributed by atoms with E-state index in [1.165, 1.54) is 0 Å². The molecule has 2 fully saturated rings. The Morgan fingerprint density at radius 1 is 1.32 bits per heavy atom. The van der Waals surface area contributed by atoms with Crippen LogP contribution in [-0.4, -0.2) is 44.8 Å². The first-order valence-corrected chi connectivity index (χ1v) is 10.0. The molecule has 0 radical (unpaired) electrons. The average molecular weight is 375 g/mol. The molecule has 1 aliphatic heterocycles. The molecule has 0 spiro atoms. The van der Waals surface area contributed by atoms with Crippen LogP contribution < -0.4 is 0 Å². The first-order valence-electron chi connectivity index (χ1n) is 8.87. The summed E-state index contributed by atoms with van der Waals surface area (Å²) in [5.74, 6) is 0.203. The van der Waals surface area contributed by atoms with E-state index in [0.29, 0.717) is 19.4 Å². The fourth-order valence-corrected chi connectivity index (χ4v) is 4.86. The number of halogens is 3. The normalized spacial score (nSPS) is 28.2. The van der Waals surface area contributed by atoms with Gasteiger partial charge in [-0.1, -0.05) is 0 Å². The zero-order valence-electron chi connectivity index (χ0n) is 14.3. The number of carbonyl (C=O) groups excluding carboxylic acids is 1. The Balaban J connectivity index is 1.67. The molecule has 1 aliphatic carbocycles. The maximum atomic E-state index is 13.0. The molecule has 1 unspecified atom stereocenters. The van der Waals surface area contributed by atoms with Gasteiger partial charge in [0.15, 0.2) is 0 Å². The Labute approximate surface area is 150 Å². The van der Waals surface area contributed by atoms with Crippen LogP contribution in [0.2, 0.25) is 0 Å². The quantitative estimate of drug-likeness (QED) is 0.805. The lowest BCUT2D eigenvalue weighted by atomic mass is 9.81. The molecule has 8 heteroatoms. The van der Waals surface area contributed by atoms with E-state index < -0.39 is 12.1 Å². The van der Waals surface area contributed by atoms with Crippen LogP contribution in [0.5, 0.6) is 0 Å². The van der Waals surface area contributed by atoms with Gasteiger partial charge in [0.25, 0.3) is 0 Å². The number of thioether (sulfide) groups is 1. The molecule has 0 bridgehead atoms. The standard InChI is InChI=1S/C17H24F3N3OS/c1-2-22-10-13(9-21-22)15-11-25-8-7-23(15)16(24)12-3-5-14(6-4-12)17(18,19)20/h9-10,12,14-15H,2-8,11H2,1H3. The van der Waals surface area contributed by atoms with Gasteiger partial charge in [0, 0.05) is 42.3 Å². The van der Waals surface area contributed by atoms with Gasteiger partial charge < -0.3 is 4.90 Å². The fraction of sp³-hybridized carbons (Fsp3) is 0.765. The molecule has 1 saturated heterocycles. The molecular weight excluding hydrogens is 351 g/mol. The predicted octanol–water partition coefficient (Wildman–Crippen LogP) is 3.89. The highest BCUT2D eigenvalue weighted by Gasteiger charge is 2.43. The molecule has 1 aromatic heterocycles. The van der Waals surface area contributed by atoms with Crippen LogP contribution in [0.1, 0.15) is 44.2 Å². The minimum atomic E-state index is -4.13. The molecule has 25 heavy (non-hydrogen) atoms. The molecule has 1 amide bonds. The second-order valence-electron chi connectivity index (χ2n) is 6.84. The summed E-state index contributed by atoms with van der Waals surface area (Å²) in [4.78, 5) is 14.9. The lowest BCUT2D eigenvalue weighted by Gasteiger charge is -2.39. The lowest BCUT2D eigenvalue weighted by Crippen LogP contribution is -2.45. The number of rotatable bonds is 3. The second-order valence-corrected chi connectivity index (χ2v) is 7.99. The average Bonchev–Trinajstić information content (AvgIpc) is 3.09. The van der Waals surface area contributed by atoms with Crippen molar-refractivity contribution in [2.75, 3.05) is 18.1 Å². The Morgan fingerprint density at radius 3 is 2.64 bits per heavy atom. The number of aryl methyl sites for hydroxylation is 1. The number of carbonyl (C=O) groups is 1. The van der Waals surface area contributed by atoms with Crippen LogP contribution >= 0.6 is 11.8 Å². The smallest absolute Gasteiger partial charge is 0.334 e. The van der Waals surface area contributed by atoms with Crippen molar-refractivity contribution in [2.45, 2.75) is 51.4 Å². The van der Waals surface area contributed by atoms with Crippen LogP contribution in [0.15, 0.2) is 12.4 Å². The van der Waals surface area contributed by atoms with Crippen molar-refractivity contribution in [3.63, 3.8) is 0 Å². The van der Waals surface area contributed by atoms with Crippen molar-refractivity contribution >= 4 is 17.7 Å². The molecule has 1 aromatic rings. The van der Waals surface area contributed by atoms with Crippen molar-refractivity contribution < 1.29 is 18.0 Å². The summed E-state index contributed by atoms with van der Waals surface area (Å²) in [7, 11) is 0. The van der Waals surface area contributed by atoms with Gasteiger partial charge in [-0.25, -0.2) is 0 Å². The van der Waals surface area contributed by atoms with Gasteiger partial charge in [-0.2, -0.15) is 30.0 Å². The highest BCUT2D eigenvalue weighted by molar-refractivity contribution is 7.99. The summed E-state index contributed by atoms with van der Waals surface area (Å²) >= 11 is 1.81. The third-order valence-electron chi connectivity index (χ3n) is 5.31. The highest BCUT2D eigenvalue weighted by atomic mass is 32.2. The number of nitrogens with zero attached hydrogens (tertiary/aromatic N) is 3. The van der Waals surface area contributed by atoms with Crippen LogP contribution in [0.25, 0.3) is 0 Å². The molecule has 140 valence electrons. The lowest BCUT2D eigenvalue weighted by molar-refractivity contribution is -0.185. The Kier molecular flexibility index (Phi) is 5.65. The fourth-order valence-electron chi connectivity index (χ4n) is 3.77. The SMILES string of the molecule is CCn1cc(C2CSCCN2C(=O)C2CCC(C(F)(F)F)CC2)cn1. The summed E-state index contributed by atoms with van der Waals surface area (Å²) < 4.78 is 40.3. The van der Waals surface area contributed by atoms with Crippen molar-refractivity contribution in [3.05, 3.63) is 18.0 Å². The number of alkyl halides is 3.